The number of aromatic nitrogens is 6. The Morgan fingerprint density at radius 1 is 0.275 bits per heavy atom. The predicted molar refractivity (Wildman–Crippen MR) is 277 cm³/mol. The van der Waals surface area contributed by atoms with E-state index in [2.05, 4.69) is 193 Å². The zero-order valence-corrected chi connectivity index (χ0v) is 37.3. The first-order chi connectivity index (χ1) is 34.2. The summed E-state index contributed by atoms with van der Waals surface area (Å²) in [7, 11) is 0. The molecule has 6 heteroatoms. The van der Waals surface area contributed by atoms with Gasteiger partial charge in [-0.3, -0.25) is 0 Å². The topological polar surface area (TPSA) is 69.4 Å². The van der Waals surface area contributed by atoms with Crippen molar-refractivity contribution in [2.45, 2.75) is 11.8 Å². The van der Waals surface area contributed by atoms with Crippen LogP contribution < -0.4 is 0 Å². The molecule has 0 N–H and O–H groups in total. The van der Waals surface area contributed by atoms with E-state index in [-0.39, 0.29) is 11.8 Å². The van der Waals surface area contributed by atoms with E-state index >= 15 is 0 Å². The van der Waals surface area contributed by atoms with Crippen molar-refractivity contribution >= 4 is 21.8 Å². The Kier molecular flexibility index (Phi) is 8.92. The largest absolute Gasteiger partial charge is 0.309 e. The van der Waals surface area contributed by atoms with Crippen LogP contribution in [-0.4, -0.2) is 29.5 Å². The van der Waals surface area contributed by atoms with Gasteiger partial charge in [-0.1, -0.05) is 194 Å². The Morgan fingerprint density at radius 2 is 0.681 bits per heavy atom. The van der Waals surface area contributed by atoms with Crippen molar-refractivity contribution < 1.29 is 0 Å². The van der Waals surface area contributed by atoms with E-state index in [1.165, 1.54) is 44.2 Å². The van der Waals surface area contributed by atoms with Gasteiger partial charge >= 0.3 is 0 Å². The zero-order chi connectivity index (χ0) is 45.4. The third kappa shape index (κ3) is 6.37. The molecule has 12 aromatic rings. The van der Waals surface area contributed by atoms with E-state index in [4.69, 9.17) is 24.9 Å². The van der Waals surface area contributed by atoms with Crippen molar-refractivity contribution in [2.24, 2.45) is 0 Å². The number of fused-ring (bicyclic) bond motifs is 3. The molecule has 3 aliphatic carbocycles. The highest BCUT2D eigenvalue weighted by Crippen LogP contribution is 2.56. The Bertz CT molecular complexity index is 3860. The quantitative estimate of drug-likeness (QED) is 0.159. The normalized spacial score (nSPS) is 14.4. The molecule has 0 fully saturated rings. The molecular weight excluding hydrogens is 841 g/mol. The zero-order valence-electron chi connectivity index (χ0n) is 37.3. The molecule has 3 aliphatic rings. The number of hydrogen-bond donors (Lipinski definition) is 0. The Balaban J connectivity index is 0.913. The summed E-state index contributed by atoms with van der Waals surface area (Å²) in [5, 5.41) is 2.44. The fourth-order valence-corrected chi connectivity index (χ4v) is 11.0. The Morgan fingerprint density at radius 3 is 1.25 bits per heavy atom. The minimum Gasteiger partial charge on any atom is -0.309 e. The lowest BCUT2D eigenvalue weighted by atomic mass is 9.60. The van der Waals surface area contributed by atoms with Crippen molar-refractivity contribution in [1.29, 1.82) is 0 Å². The first-order valence-corrected chi connectivity index (χ1v) is 23.5. The average Bonchev–Trinajstić information content (AvgIpc) is 3.77. The van der Waals surface area contributed by atoms with Gasteiger partial charge in [0.2, 0.25) is 0 Å². The van der Waals surface area contributed by atoms with Crippen LogP contribution in [0.15, 0.2) is 231 Å². The number of hydrogen-bond acceptors (Lipinski definition) is 5. The molecule has 2 bridgehead atoms. The van der Waals surface area contributed by atoms with Gasteiger partial charge in [0.1, 0.15) is 0 Å². The van der Waals surface area contributed by atoms with Gasteiger partial charge in [-0.25, -0.2) is 24.9 Å². The van der Waals surface area contributed by atoms with Gasteiger partial charge in [0.25, 0.3) is 0 Å². The van der Waals surface area contributed by atoms with Gasteiger partial charge in [-0.2, -0.15) is 0 Å². The molecule has 2 unspecified atom stereocenters. The van der Waals surface area contributed by atoms with E-state index in [0.29, 0.717) is 23.3 Å². The molecule has 0 aliphatic heterocycles. The fraction of sp³-hybridized carbons (Fsp3) is 0.0317. The highest BCUT2D eigenvalue weighted by Gasteiger charge is 2.41. The van der Waals surface area contributed by atoms with Gasteiger partial charge in [-0.15, -0.1) is 0 Å². The molecule has 69 heavy (non-hydrogen) atoms. The smallest absolute Gasteiger partial charge is 0.164 e. The molecule has 6 nitrogen and oxygen atoms in total. The molecule has 3 heterocycles. The Hall–Kier alpha value is -9.13. The highest BCUT2D eigenvalue weighted by atomic mass is 15.0. The monoisotopic (exact) mass is 880 g/mol. The SMILES string of the molecule is c1ccc(-c2nc(-c3ccc4c(c3)C3c5ccccc5C4c4cc(-c5nc(-c6ccccc6)nc(-c6ccccc6)n5)ccc43)cc(-c3ccccc3-n3c4ccccc4c4ccccc43)n2)cc1. The Labute approximate surface area is 399 Å². The van der Waals surface area contributed by atoms with Crippen LogP contribution in [0, 0.1) is 0 Å². The maximum Gasteiger partial charge on any atom is 0.164 e. The highest BCUT2D eigenvalue weighted by molar-refractivity contribution is 6.09. The third-order valence-electron chi connectivity index (χ3n) is 14.0. The summed E-state index contributed by atoms with van der Waals surface area (Å²) in [6.45, 7) is 0. The molecule has 0 spiro atoms. The van der Waals surface area contributed by atoms with Gasteiger partial charge in [0.05, 0.1) is 28.1 Å². The van der Waals surface area contributed by atoms with Crippen molar-refractivity contribution in [1.82, 2.24) is 29.5 Å². The van der Waals surface area contributed by atoms with Gasteiger partial charge in [0, 0.05) is 56.0 Å². The predicted octanol–water partition coefficient (Wildman–Crippen LogP) is 14.7. The van der Waals surface area contributed by atoms with Crippen molar-refractivity contribution in [3.05, 3.63) is 264 Å². The van der Waals surface area contributed by atoms with E-state index in [9.17, 15) is 0 Å². The van der Waals surface area contributed by atoms with E-state index in [1.807, 2.05) is 42.5 Å². The molecule has 0 amide bonds. The molecule has 0 saturated heterocycles. The molecular formula is C63H40N6. The summed E-state index contributed by atoms with van der Waals surface area (Å²) in [6.07, 6.45) is 0. The van der Waals surface area contributed by atoms with Crippen LogP contribution in [0.2, 0.25) is 0 Å². The molecule has 3 aromatic heterocycles. The maximum atomic E-state index is 5.36. The van der Waals surface area contributed by atoms with Crippen molar-refractivity contribution in [2.75, 3.05) is 0 Å². The van der Waals surface area contributed by atoms with Gasteiger partial charge in [-0.05, 0) is 69.8 Å². The van der Waals surface area contributed by atoms with Gasteiger partial charge in [0.15, 0.2) is 23.3 Å². The summed E-state index contributed by atoms with van der Waals surface area (Å²) in [6, 6.07) is 81.6. The fourth-order valence-electron chi connectivity index (χ4n) is 11.0. The minimum atomic E-state index is 0.0353. The first-order valence-electron chi connectivity index (χ1n) is 23.5. The van der Waals surface area contributed by atoms with E-state index < -0.39 is 0 Å². The number of para-hydroxylation sites is 3. The maximum absolute atomic E-state index is 5.36. The lowest BCUT2D eigenvalue weighted by Gasteiger charge is -2.42. The first kappa shape index (κ1) is 39.1. The van der Waals surface area contributed by atoms with Crippen LogP contribution in [0.3, 0.4) is 0 Å². The number of benzene rings is 9. The van der Waals surface area contributed by atoms with Crippen molar-refractivity contribution in [3.8, 4) is 73.8 Å². The molecule has 0 radical (unpaired) electrons. The van der Waals surface area contributed by atoms with Crippen LogP contribution in [0.1, 0.15) is 45.2 Å². The lowest BCUT2D eigenvalue weighted by molar-refractivity contribution is 0.754. The molecule has 9 aromatic carbocycles. The number of nitrogens with zero attached hydrogens (tertiary/aromatic N) is 6. The summed E-state index contributed by atoms with van der Waals surface area (Å²) in [5.41, 5.74) is 19.0. The van der Waals surface area contributed by atoms with Crippen LogP contribution in [0.4, 0.5) is 0 Å². The molecule has 322 valence electrons. The minimum absolute atomic E-state index is 0.0353. The summed E-state index contributed by atoms with van der Waals surface area (Å²) in [5.74, 6) is 2.72. The molecule has 2 atom stereocenters. The summed E-state index contributed by atoms with van der Waals surface area (Å²) in [4.78, 5) is 25.9. The van der Waals surface area contributed by atoms with Crippen LogP contribution in [0.25, 0.3) is 95.6 Å². The second-order valence-electron chi connectivity index (χ2n) is 17.9. The second kappa shape index (κ2) is 15.8. The lowest BCUT2D eigenvalue weighted by Crippen LogP contribution is -2.27. The standard InChI is InChI=1S/C63H40N6/c1-4-18-39(19-5-1)60-64-53(38-54(65-60)50-28-14-17-31-57(50)69-55-29-15-12-24-44(55)45-25-13-16-30-56(45)69)42-32-34-48-51(36-42)58-46-26-10-11-27-47(46)59(48)52-37-43(33-35-49(52)58)63-67-61(40-20-6-2-7-21-40)66-62(68-63)41-22-8-3-9-23-41/h1-38,58-59H. The summed E-state index contributed by atoms with van der Waals surface area (Å²) >= 11 is 0. The van der Waals surface area contributed by atoms with Crippen LogP contribution >= 0.6 is 0 Å². The second-order valence-corrected chi connectivity index (χ2v) is 17.9. The van der Waals surface area contributed by atoms with E-state index in [1.54, 1.807) is 0 Å². The number of rotatable bonds is 7. The van der Waals surface area contributed by atoms with Crippen LogP contribution in [-0.2, 0) is 0 Å². The van der Waals surface area contributed by atoms with Gasteiger partial charge < -0.3 is 4.57 Å². The van der Waals surface area contributed by atoms with Crippen molar-refractivity contribution in [3.63, 3.8) is 0 Å². The molecule has 0 saturated carbocycles. The third-order valence-corrected chi connectivity index (χ3v) is 14.0. The average molecular weight is 881 g/mol. The molecule has 15 rings (SSSR count). The summed E-state index contributed by atoms with van der Waals surface area (Å²) < 4.78 is 2.38. The van der Waals surface area contributed by atoms with Crippen LogP contribution in [0.5, 0.6) is 0 Å². The van der Waals surface area contributed by atoms with E-state index in [0.717, 1.165) is 61.5 Å².